The van der Waals surface area contributed by atoms with E-state index < -0.39 is 16.8 Å². The Morgan fingerprint density at radius 1 is 1.00 bits per heavy atom. The first-order valence-corrected chi connectivity index (χ1v) is 12.1. The van der Waals surface area contributed by atoms with E-state index in [2.05, 4.69) is 10.0 Å². The fourth-order valence-electron chi connectivity index (χ4n) is 3.99. The summed E-state index contributed by atoms with van der Waals surface area (Å²) in [6.07, 6.45) is 3.25. The predicted octanol–water partition coefficient (Wildman–Crippen LogP) is 4.14. The molecule has 1 unspecified atom stereocenters. The molecule has 1 heterocycles. The second-order valence-electron chi connectivity index (χ2n) is 8.16. The Labute approximate surface area is 190 Å². The molecule has 2 N–H and O–H groups in total. The maximum Gasteiger partial charge on any atom is 0.235 e. The van der Waals surface area contributed by atoms with Gasteiger partial charge in [0.2, 0.25) is 12.7 Å². The van der Waals surface area contributed by atoms with Crippen LogP contribution in [0.5, 0.6) is 11.5 Å². The lowest BCUT2D eigenvalue weighted by molar-refractivity contribution is -0.118. The highest BCUT2D eigenvalue weighted by Crippen LogP contribution is 2.51. The van der Waals surface area contributed by atoms with Gasteiger partial charge in [-0.15, -0.1) is 4.72 Å². The molecule has 2 aliphatic rings. The van der Waals surface area contributed by atoms with Gasteiger partial charge in [-0.25, -0.2) is 0 Å². The van der Waals surface area contributed by atoms with E-state index in [0.717, 1.165) is 46.5 Å². The van der Waals surface area contributed by atoms with Crippen LogP contribution in [-0.4, -0.2) is 23.5 Å². The molecule has 1 aliphatic heterocycles. The Morgan fingerprint density at radius 2 is 1.78 bits per heavy atom. The lowest BCUT2D eigenvalue weighted by Gasteiger charge is -2.17. The number of carbonyl (C=O) groups is 1. The van der Waals surface area contributed by atoms with Crippen molar-refractivity contribution in [1.29, 1.82) is 0 Å². The molecule has 1 atom stereocenters. The summed E-state index contributed by atoms with van der Waals surface area (Å²) in [5.41, 5.74) is 4.37. The Kier molecular flexibility index (Phi) is 5.55. The molecule has 0 saturated heterocycles. The van der Waals surface area contributed by atoms with Gasteiger partial charge >= 0.3 is 0 Å². The minimum atomic E-state index is -1.04. The lowest BCUT2D eigenvalue weighted by atomic mass is 9.94. The molecule has 0 bridgehead atoms. The first-order chi connectivity index (χ1) is 15.5. The van der Waals surface area contributed by atoms with Crippen LogP contribution in [0.4, 0.5) is 5.69 Å². The van der Waals surface area contributed by atoms with E-state index >= 15 is 0 Å². The van der Waals surface area contributed by atoms with Gasteiger partial charge in [0, 0.05) is 17.0 Å². The number of anilines is 1. The average Bonchev–Trinajstić information content (AvgIpc) is 3.49. The molecule has 3 aromatic rings. The number of fused-ring (bicyclic) bond motifs is 1. The van der Waals surface area contributed by atoms with Crippen LogP contribution < -0.4 is 19.5 Å². The smallest absolute Gasteiger partial charge is 0.235 e. The van der Waals surface area contributed by atoms with E-state index in [1.165, 1.54) is 0 Å². The molecule has 1 amide bonds. The van der Waals surface area contributed by atoms with Crippen LogP contribution in [0.3, 0.4) is 0 Å². The highest BCUT2D eigenvalue weighted by atomic mass is 32.2. The molecule has 1 aliphatic carbocycles. The van der Waals surface area contributed by atoms with E-state index in [1.807, 2.05) is 66.7 Å². The summed E-state index contributed by atoms with van der Waals surface area (Å²) in [5.74, 6) is 1.43. The van der Waals surface area contributed by atoms with Crippen molar-refractivity contribution in [2.24, 2.45) is 0 Å². The van der Waals surface area contributed by atoms with Gasteiger partial charge in [-0.3, -0.25) is 4.79 Å². The average molecular weight is 449 g/mol. The van der Waals surface area contributed by atoms with Crippen LogP contribution in [0.1, 0.15) is 24.0 Å². The summed E-state index contributed by atoms with van der Waals surface area (Å²) in [6, 6.07) is 21.7. The number of benzene rings is 3. The molecule has 7 heteroatoms. The summed E-state index contributed by atoms with van der Waals surface area (Å²) in [7, 11) is 0. The number of hydrogen-bond acceptors (Lipinski definition) is 5. The SMILES string of the molecule is C[S+]([O-])NCc1ccc(-c2cccc(NC(=O)C3(c4ccc5c(c4)OCO5)CC3)c2)cc1. The molecule has 1 saturated carbocycles. The van der Waals surface area contributed by atoms with Crippen LogP contribution in [0, 0.1) is 0 Å². The van der Waals surface area contributed by atoms with Crippen molar-refractivity contribution in [3.8, 4) is 22.6 Å². The van der Waals surface area contributed by atoms with E-state index in [-0.39, 0.29) is 12.7 Å². The van der Waals surface area contributed by atoms with Gasteiger partial charge in [-0.1, -0.05) is 42.5 Å². The first kappa shape index (κ1) is 20.9. The van der Waals surface area contributed by atoms with Crippen LogP contribution in [0.15, 0.2) is 66.7 Å². The number of amides is 1. The van der Waals surface area contributed by atoms with Gasteiger partial charge in [-0.05, 0) is 59.4 Å². The second kappa shape index (κ2) is 8.50. The molecular weight excluding hydrogens is 424 g/mol. The van der Waals surface area contributed by atoms with Crippen molar-refractivity contribution in [3.05, 3.63) is 77.9 Å². The number of hydrogen-bond donors (Lipinski definition) is 2. The minimum Gasteiger partial charge on any atom is -0.598 e. The fraction of sp³-hybridized carbons (Fsp3) is 0.240. The van der Waals surface area contributed by atoms with Crippen molar-refractivity contribution in [2.75, 3.05) is 18.4 Å². The zero-order valence-corrected chi connectivity index (χ0v) is 18.5. The van der Waals surface area contributed by atoms with Gasteiger partial charge in [0.25, 0.3) is 0 Å². The van der Waals surface area contributed by atoms with Crippen LogP contribution in [-0.2, 0) is 28.1 Å². The topological polar surface area (TPSA) is 82.7 Å². The van der Waals surface area contributed by atoms with E-state index in [9.17, 15) is 9.35 Å². The lowest BCUT2D eigenvalue weighted by Crippen LogP contribution is -2.27. The van der Waals surface area contributed by atoms with Gasteiger partial charge < -0.3 is 19.3 Å². The van der Waals surface area contributed by atoms with Crippen LogP contribution in [0.2, 0.25) is 0 Å². The van der Waals surface area contributed by atoms with Gasteiger partial charge in [-0.2, -0.15) is 0 Å². The maximum atomic E-state index is 13.2. The molecule has 5 rings (SSSR count). The minimum absolute atomic E-state index is 0.00232. The summed E-state index contributed by atoms with van der Waals surface area (Å²) in [4.78, 5) is 13.2. The third-order valence-corrected chi connectivity index (χ3v) is 6.55. The highest BCUT2D eigenvalue weighted by Gasteiger charge is 2.51. The number of nitrogens with one attached hydrogen (secondary N) is 2. The number of carbonyl (C=O) groups excluding carboxylic acids is 1. The Hall–Kier alpha value is -3.00. The Bertz CT molecular complexity index is 1140. The summed E-state index contributed by atoms with van der Waals surface area (Å²) >= 11 is -1.04. The van der Waals surface area contributed by atoms with Crippen molar-refractivity contribution in [3.63, 3.8) is 0 Å². The van der Waals surface area contributed by atoms with E-state index in [0.29, 0.717) is 12.3 Å². The highest BCUT2D eigenvalue weighted by molar-refractivity contribution is 7.88. The van der Waals surface area contributed by atoms with Crippen LogP contribution >= 0.6 is 0 Å². The molecule has 0 aromatic heterocycles. The molecule has 32 heavy (non-hydrogen) atoms. The Morgan fingerprint density at radius 3 is 2.53 bits per heavy atom. The van der Waals surface area contributed by atoms with Crippen molar-refractivity contribution in [1.82, 2.24) is 4.72 Å². The maximum absolute atomic E-state index is 13.2. The Balaban J connectivity index is 1.30. The third kappa shape index (κ3) is 4.19. The zero-order valence-electron chi connectivity index (χ0n) is 17.7. The number of ether oxygens (including phenoxy) is 2. The monoisotopic (exact) mass is 448 g/mol. The molecule has 1 fully saturated rings. The normalized spacial score (nSPS) is 16.4. The van der Waals surface area contributed by atoms with E-state index in [4.69, 9.17) is 9.47 Å². The molecule has 0 spiro atoms. The first-order valence-electron chi connectivity index (χ1n) is 10.5. The molecule has 164 valence electrons. The molecular formula is C25H24N2O4S. The van der Waals surface area contributed by atoms with Gasteiger partial charge in [0.15, 0.2) is 11.5 Å². The summed E-state index contributed by atoms with van der Waals surface area (Å²) in [6.45, 7) is 0.780. The van der Waals surface area contributed by atoms with Gasteiger partial charge in [0.05, 0.1) is 12.0 Å². The van der Waals surface area contributed by atoms with Crippen molar-refractivity contribution >= 4 is 23.0 Å². The van der Waals surface area contributed by atoms with Crippen molar-refractivity contribution in [2.45, 2.75) is 24.8 Å². The standard InChI is InChI=1S/C25H24N2O4S/c1-32(29)26-15-17-5-7-18(8-6-17)19-3-2-4-21(13-19)27-24(28)25(11-12-25)20-9-10-22-23(14-20)31-16-30-22/h2-10,13-14,26H,11-12,15-16H2,1H3,(H,27,28). The molecule has 6 nitrogen and oxygen atoms in total. The zero-order chi connectivity index (χ0) is 22.1. The van der Waals surface area contributed by atoms with Crippen LogP contribution in [0.25, 0.3) is 11.1 Å². The quantitative estimate of drug-likeness (QED) is 0.531. The number of rotatable bonds is 7. The predicted molar refractivity (Wildman–Crippen MR) is 125 cm³/mol. The molecule has 3 aromatic carbocycles. The van der Waals surface area contributed by atoms with E-state index in [1.54, 1.807) is 6.26 Å². The largest absolute Gasteiger partial charge is 0.598 e. The summed E-state index contributed by atoms with van der Waals surface area (Å²) < 4.78 is 25.0. The fourth-order valence-corrected chi connectivity index (χ4v) is 4.36. The van der Waals surface area contributed by atoms with Gasteiger partial charge in [0.1, 0.15) is 6.26 Å². The summed E-state index contributed by atoms with van der Waals surface area (Å²) in [5, 5.41) is 3.11. The third-order valence-electron chi connectivity index (χ3n) is 6.00. The second-order valence-corrected chi connectivity index (χ2v) is 9.35. The molecule has 0 radical (unpaired) electrons. The van der Waals surface area contributed by atoms with Crippen molar-refractivity contribution < 1.29 is 18.8 Å².